The minimum Gasteiger partial charge on any atom is -0.394 e. The van der Waals surface area contributed by atoms with Crippen LogP contribution in [0.3, 0.4) is 0 Å². The summed E-state index contributed by atoms with van der Waals surface area (Å²) in [5, 5.41) is 45.7. The first-order chi connectivity index (χ1) is 11.0. The standard InChI is InChI=1S/C15H19N3O5/c1-7-2-4-8(5-3-7)14-16-15(18-17-14)13-12(22)11(21)10(20)9(6-19)23-13/h2-5,9-13,19-22H,6H2,1H3,(H,16,17,18)/t9-,10-,11+,12-,13-/m1/s1. The third kappa shape index (κ3) is 2.99. The lowest BCUT2D eigenvalue weighted by molar-refractivity contribution is -0.233. The minimum absolute atomic E-state index is 0.220. The van der Waals surface area contributed by atoms with Crippen molar-refractivity contribution in [1.82, 2.24) is 15.2 Å². The molecule has 0 amide bonds. The van der Waals surface area contributed by atoms with Crippen molar-refractivity contribution in [2.75, 3.05) is 6.61 Å². The van der Waals surface area contributed by atoms with E-state index in [2.05, 4.69) is 15.2 Å². The predicted molar refractivity (Wildman–Crippen MR) is 79.3 cm³/mol. The van der Waals surface area contributed by atoms with Crippen LogP contribution in [0.2, 0.25) is 0 Å². The van der Waals surface area contributed by atoms with Gasteiger partial charge in [0.15, 0.2) is 11.6 Å². The van der Waals surface area contributed by atoms with Crippen LogP contribution >= 0.6 is 0 Å². The zero-order valence-electron chi connectivity index (χ0n) is 12.5. The van der Waals surface area contributed by atoms with E-state index in [0.717, 1.165) is 11.1 Å². The lowest BCUT2D eigenvalue weighted by Gasteiger charge is -2.38. The van der Waals surface area contributed by atoms with Gasteiger partial charge in [-0.2, -0.15) is 5.10 Å². The quantitative estimate of drug-likeness (QED) is 0.505. The van der Waals surface area contributed by atoms with Gasteiger partial charge < -0.3 is 25.2 Å². The van der Waals surface area contributed by atoms with Crippen molar-refractivity contribution < 1.29 is 25.2 Å². The average molecular weight is 321 g/mol. The number of aliphatic hydroxyl groups is 4. The van der Waals surface area contributed by atoms with Crippen LogP contribution in [0.5, 0.6) is 0 Å². The Morgan fingerprint density at radius 2 is 1.78 bits per heavy atom. The number of aryl methyl sites for hydroxylation is 1. The van der Waals surface area contributed by atoms with Gasteiger partial charge in [0.2, 0.25) is 0 Å². The summed E-state index contributed by atoms with van der Waals surface area (Å²) in [5.74, 6) is 0.648. The van der Waals surface area contributed by atoms with Gasteiger partial charge in [-0.1, -0.05) is 29.8 Å². The minimum atomic E-state index is -1.45. The van der Waals surface area contributed by atoms with Crippen LogP contribution in [-0.2, 0) is 4.74 Å². The predicted octanol–water partition coefficient (Wildman–Crippen LogP) is -0.705. The molecule has 0 spiro atoms. The maximum atomic E-state index is 10.1. The molecule has 124 valence electrons. The third-order valence-electron chi connectivity index (χ3n) is 3.97. The molecule has 0 bridgehead atoms. The summed E-state index contributed by atoms with van der Waals surface area (Å²) in [6, 6.07) is 7.60. The molecule has 1 aromatic heterocycles. The number of hydrogen-bond acceptors (Lipinski definition) is 7. The second kappa shape index (κ2) is 6.34. The van der Waals surface area contributed by atoms with Crippen LogP contribution in [0.1, 0.15) is 17.5 Å². The van der Waals surface area contributed by atoms with Crippen molar-refractivity contribution in [3.63, 3.8) is 0 Å². The largest absolute Gasteiger partial charge is 0.394 e. The molecule has 3 rings (SSSR count). The zero-order chi connectivity index (χ0) is 16.6. The Morgan fingerprint density at radius 1 is 1.09 bits per heavy atom. The molecule has 8 heteroatoms. The zero-order valence-corrected chi connectivity index (χ0v) is 12.5. The Labute approximate surface area is 132 Å². The van der Waals surface area contributed by atoms with Gasteiger partial charge in [0.05, 0.1) is 6.61 Å². The van der Waals surface area contributed by atoms with Gasteiger partial charge in [0.25, 0.3) is 0 Å². The van der Waals surface area contributed by atoms with E-state index in [4.69, 9.17) is 4.74 Å². The summed E-state index contributed by atoms with van der Waals surface area (Å²) in [7, 11) is 0. The number of aromatic nitrogens is 3. The first-order valence-electron chi connectivity index (χ1n) is 7.31. The number of hydrogen-bond donors (Lipinski definition) is 5. The first-order valence-corrected chi connectivity index (χ1v) is 7.31. The fourth-order valence-corrected chi connectivity index (χ4v) is 2.56. The van der Waals surface area contributed by atoms with Gasteiger partial charge in [-0.15, -0.1) is 0 Å². The van der Waals surface area contributed by atoms with Gasteiger partial charge >= 0.3 is 0 Å². The number of ether oxygens (including phenoxy) is 1. The second-order valence-electron chi connectivity index (χ2n) is 5.66. The number of H-pyrrole nitrogens is 1. The van der Waals surface area contributed by atoms with Crippen molar-refractivity contribution in [2.45, 2.75) is 37.4 Å². The Hall–Kier alpha value is -1.84. The van der Waals surface area contributed by atoms with E-state index in [9.17, 15) is 20.4 Å². The van der Waals surface area contributed by atoms with Crippen molar-refractivity contribution >= 4 is 0 Å². The molecule has 5 atom stereocenters. The van der Waals surface area contributed by atoms with Crippen LogP contribution in [0.15, 0.2) is 24.3 Å². The number of nitrogens with zero attached hydrogens (tertiary/aromatic N) is 2. The monoisotopic (exact) mass is 321 g/mol. The third-order valence-corrected chi connectivity index (χ3v) is 3.97. The number of aliphatic hydroxyl groups excluding tert-OH is 4. The van der Waals surface area contributed by atoms with Gasteiger partial charge in [0.1, 0.15) is 30.5 Å². The van der Waals surface area contributed by atoms with Gasteiger partial charge in [0, 0.05) is 5.56 Å². The summed E-state index contributed by atoms with van der Waals surface area (Å²) in [6.07, 6.45) is -6.22. The van der Waals surface area contributed by atoms with Crippen molar-refractivity contribution in [1.29, 1.82) is 0 Å². The van der Waals surface area contributed by atoms with Crippen molar-refractivity contribution in [3.05, 3.63) is 35.7 Å². The van der Waals surface area contributed by atoms with Gasteiger partial charge in [-0.3, -0.25) is 5.10 Å². The van der Waals surface area contributed by atoms with Crippen LogP contribution in [0.25, 0.3) is 11.4 Å². The number of aromatic amines is 1. The second-order valence-corrected chi connectivity index (χ2v) is 5.66. The Morgan fingerprint density at radius 3 is 2.43 bits per heavy atom. The van der Waals surface area contributed by atoms with Crippen molar-refractivity contribution in [2.24, 2.45) is 0 Å². The Balaban J connectivity index is 1.85. The molecule has 0 saturated carbocycles. The molecular formula is C15H19N3O5. The molecule has 0 aliphatic carbocycles. The maximum absolute atomic E-state index is 10.1. The van der Waals surface area contributed by atoms with E-state index < -0.39 is 37.1 Å². The number of benzene rings is 1. The summed E-state index contributed by atoms with van der Waals surface area (Å²) < 4.78 is 5.44. The molecular weight excluding hydrogens is 302 g/mol. The van der Waals surface area contributed by atoms with E-state index in [-0.39, 0.29) is 5.82 Å². The molecule has 1 aromatic carbocycles. The van der Waals surface area contributed by atoms with E-state index >= 15 is 0 Å². The smallest absolute Gasteiger partial charge is 0.181 e. The first kappa shape index (κ1) is 16.0. The van der Waals surface area contributed by atoms with E-state index in [1.54, 1.807) is 0 Å². The molecule has 1 saturated heterocycles. The Bertz CT molecular complexity index is 657. The van der Waals surface area contributed by atoms with Crippen LogP contribution in [0, 0.1) is 6.92 Å². The Kier molecular flexibility index (Phi) is 4.42. The highest BCUT2D eigenvalue weighted by Crippen LogP contribution is 2.31. The SMILES string of the molecule is Cc1ccc(-c2n[nH]c([C@@H]3O[C@H](CO)[C@@H](O)[C@H](O)[C@H]3O)n2)cc1. The summed E-state index contributed by atoms with van der Waals surface area (Å²) >= 11 is 0. The fraction of sp³-hybridized carbons (Fsp3) is 0.467. The molecule has 1 aliphatic rings. The molecule has 2 aromatic rings. The number of rotatable bonds is 3. The fourth-order valence-electron chi connectivity index (χ4n) is 2.56. The van der Waals surface area contributed by atoms with Crippen molar-refractivity contribution in [3.8, 4) is 11.4 Å². The molecule has 0 unspecified atom stereocenters. The topological polar surface area (TPSA) is 132 Å². The van der Waals surface area contributed by atoms with E-state index in [0.29, 0.717) is 5.82 Å². The molecule has 8 nitrogen and oxygen atoms in total. The molecule has 1 fully saturated rings. The molecule has 23 heavy (non-hydrogen) atoms. The lowest BCUT2D eigenvalue weighted by Crippen LogP contribution is -2.55. The molecule has 2 heterocycles. The van der Waals surface area contributed by atoms with Crippen LogP contribution < -0.4 is 0 Å². The maximum Gasteiger partial charge on any atom is 0.181 e. The summed E-state index contributed by atoms with van der Waals surface area (Å²) in [4.78, 5) is 4.29. The molecule has 0 radical (unpaired) electrons. The van der Waals surface area contributed by atoms with Gasteiger partial charge in [-0.25, -0.2) is 4.98 Å². The van der Waals surface area contributed by atoms with Gasteiger partial charge in [-0.05, 0) is 6.92 Å². The molecule has 1 aliphatic heterocycles. The highest BCUT2D eigenvalue weighted by molar-refractivity contribution is 5.54. The van der Waals surface area contributed by atoms with Crippen LogP contribution in [-0.4, -0.2) is 66.6 Å². The summed E-state index contributed by atoms with van der Waals surface area (Å²) in [5.41, 5.74) is 1.90. The normalized spacial score (nSPS) is 31.3. The van der Waals surface area contributed by atoms with E-state index in [1.807, 2.05) is 31.2 Å². The highest BCUT2D eigenvalue weighted by Gasteiger charge is 2.45. The lowest BCUT2D eigenvalue weighted by atomic mass is 9.95. The van der Waals surface area contributed by atoms with Crippen LogP contribution in [0.4, 0.5) is 0 Å². The summed E-state index contributed by atoms with van der Waals surface area (Å²) in [6.45, 7) is 1.49. The highest BCUT2D eigenvalue weighted by atomic mass is 16.5. The number of nitrogens with one attached hydrogen (secondary N) is 1. The average Bonchev–Trinajstić information content (AvgIpc) is 3.03. The van der Waals surface area contributed by atoms with E-state index in [1.165, 1.54) is 0 Å². The molecule has 5 N–H and O–H groups in total.